The molecular formula is C22H28N4OS. The number of H-pyrrole nitrogens is 1. The van der Waals surface area contributed by atoms with Gasteiger partial charge in [-0.1, -0.05) is 49.9 Å². The maximum Gasteiger partial charge on any atom is 0.251 e. The summed E-state index contributed by atoms with van der Waals surface area (Å²) in [7, 11) is 0. The number of fused-ring (bicyclic) bond motifs is 1. The summed E-state index contributed by atoms with van der Waals surface area (Å²) in [6, 6.07) is 16.2. The predicted octanol–water partition coefficient (Wildman–Crippen LogP) is 4.32. The van der Waals surface area contributed by atoms with Gasteiger partial charge < -0.3 is 10.3 Å². The fraction of sp³-hybridized carbons (Fsp3) is 0.364. The topological polar surface area (TPSA) is 61.0 Å². The van der Waals surface area contributed by atoms with Gasteiger partial charge in [-0.15, -0.1) is 0 Å². The van der Waals surface area contributed by atoms with Crippen LogP contribution >= 0.6 is 11.8 Å². The monoisotopic (exact) mass is 396 g/mol. The van der Waals surface area contributed by atoms with Crippen molar-refractivity contribution >= 4 is 28.7 Å². The van der Waals surface area contributed by atoms with E-state index in [-0.39, 0.29) is 5.91 Å². The number of rotatable bonds is 9. The summed E-state index contributed by atoms with van der Waals surface area (Å²) in [5, 5.41) is 3.95. The molecule has 6 heteroatoms. The minimum atomic E-state index is -0.0181. The first-order chi connectivity index (χ1) is 13.6. The van der Waals surface area contributed by atoms with Gasteiger partial charge in [0.1, 0.15) is 0 Å². The predicted molar refractivity (Wildman–Crippen MR) is 117 cm³/mol. The van der Waals surface area contributed by atoms with Gasteiger partial charge in [0.25, 0.3) is 5.91 Å². The number of hydrogen-bond donors (Lipinski definition) is 2. The summed E-state index contributed by atoms with van der Waals surface area (Å²) in [6.45, 7) is 9.07. The van der Waals surface area contributed by atoms with Crippen LogP contribution in [0.2, 0.25) is 0 Å². The van der Waals surface area contributed by atoms with E-state index >= 15 is 0 Å². The molecule has 0 spiro atoms. The quantitative estimate of drug-likeness (QED) is 0.529. The van der Waals surface area contributed by atoms with E-state index in [0.29, 0.717) is 18.2 Å². The number of likely N-dealkylation sites (N-methyl/N-ethyl adjacent to an activating group) is 1. The highest BCUT2D eigenvalue weighted by Gasteiger charge is 2.12. The second kappa shape index (κ2) is 9.75. The highest BCUT2D eigenvalue weighted by molar-refractivity contribution is 7.98. The zero-order valence-electron chi connectivity index (χ0n) is 16.7. The number of nitrogens with zero attached hydrogens (tertiary/aromatic N) is 2. The van der Waals surface area contributed by atoms with Crippen LogP contribution in [-0.4, -0.2) is 46.5 Å². The van der Waals surface area contributed by atoms with Crippen LogP contribution < -0.4 is 5.32 Å². The first-order valence-corrected chi connectivity index (χ1v) is 10.8. The average molecular weight is 397 g/mol. The summed E-state index contributed by atoms with van der Waals surface area (Å²) >= 11 is 1.66. The van der Waals surface area contributed by atoms with Crippen LogP contribution in [0.15, 0.2) is 53.7 Å². The first-order valence-electron chi connectivity index (χ1n) is 9.79. The van der Waals surface area contributed by atoms with Gasteiger partial charge in [0, 0.05) is 23.9 Å². The number of hydrogen-bond acceptors (Lipinski definition) is 4. The summed E-state index contributed by atoms with van der Waals surface area (Å²) in [5.41, 5.74) is 3.90. The number of amides is 1. The fourth-order valence-electron chi connectivity index (χ4n) is 3.22. The molecule has 148 valence electrons. The minimum absolute atomic E-state index is 0.0181. The third-order valence-electron chi connectivity index (χ3n) is 4.95. The van der Waals surface area contributed by atoms with Gasteiger partial charge in [-0.25, -0.2) is 4.98 Å². The fourth-order valence-corrected chi connectivity index (χ4v) is 4.06. The number of aromatic nitrogens is 2. The summed E-state index contributed by atoms with van der Waals surface area (Å²) < 4.78 is 0. The molecule has 1 aromatic heterocycles. The van der Waals surface area contributed by atoms with Crippen LogP contribution in [0.5, 0.6) is 0 Å². The van der Waals surface area contributed by atoms with E-state index in [1.807, 2.05) is 48.5 Å². The smallest absolute Gasteiger partial charge is 0.251 e. The maximum atomic E-state index is 12.4. The van der Waals surface area contributed by atoms with E-state index in [9.17, 15) is 4.79 Å². The van der Waals surface area contributed by atoms with Crippen LogP contribution in [0.4, 0.5) is 0 Å². The van der Waals surface area contributed by atoms with Crippen LogP contribution in [0.25, 0.3) is 11.0 Å². The molecule has 3 rings (SSSR count). The molecule has 0 aliphatic rings. The Morgan fingerprint density at radius 2 is 1.86 bits per heavy atom. The number of imidazole rings is 1. The third-order valence-corrected chi connectivity index (χ3v) is 5.90. The van der Waals surface area contributed by atoms with E-state index in [2.05, 4.69) is 41.0 Å². The van der Waals surface area contributed by atoms with E-state index in [1.165, 1.54) is 5.56 Å². The van der Waals surface area contributed by atoms with Crippen molar-refractivity contribution < 1.29 is 4.79 Å². The Hall–Kier alpha value is -2.31. The molecule has 0 radical (unpaired) electrons. The Balaban J connectivity index is 1.52. The van der Waals surface area contributed by atoms with Crippen molar-refractivity contribution in [3.63, 3.8) is 0 Å². The zero-order valence-corrected chi connectivity index (χ0v) is 17.6. The molecule has 2 aromatic carbocycles. The highest BCUT2D eigenvalue weighted by atomic mass is 32.2. The van der Waals surface area contributed by atoms with Gasteiger partial charge in [-0.3, -0.25) is 9.69 Å². The summed E-state index contributed by atoms with van der Waals surface area (Å²) in [5.74, 6) is 0.788. The van der Waals surface area contributed by atoms with Gasteiger partial charge in [0.15, 0.2) is 5.16 Å². The number of thioether (sulfide) groups is 1. The van der Waals surface area contributed by atoms with Crippen molar-refractivity contribution in [2.75, 3.05) is 19.6 Å². The van der Waals surface area contributed by atoms with Gasteiger partial charge in [-0.05, 0) is 49.8 Å². The Morgan fingerprint density at radius 1 is 1.14 bits per heavy atom. The number of carbonyl (C=O) groups excluding carboxylic acids is 1. The molecule has 0 saturated heterocycles. The standard InChI is InChI=1S/C22H28N4OS/c1-4-26(5-2)16(3)14-23-21(27)18-12-10-17(11-13-18)15-28-22-24-19-8-6-7-9-20(19)25-22/h6-13,16H,4-5,14-15H2,1-3H3,(H,23,27)(H,24,25). The molecule has 1 unspecified atom stereocenters. The molecule has 0 bridgehead atoms. The summed E-state index contributed by atoms with van der Waals surface area (Å²) in [6.07, 6.45) is 0. The lowest BCUT2D eigenvalue weighted by atomic mass is 10.1. The highest BCUT2D eigenvalue weighted by Crippen LogP contribution is 2.23. The molecule has 0 aliphatic carbocycles. The van der Waals surface area contributed by atoms with Crippen LogP contribution in [0.1, 0.15) is 36.7 Å². The van der Waals surface area contributed by atoms with Crippen LogP contribution in [-0.2, 0) is 5.75 Å². The molecule has 2 N–H and O–H groups in total. The van der Waals surface area contributed by atoms with E-state index in [1.54, 1.807) is 11.8 Å². The minimum Gasteiger partial charge on any atom is -0.350 e. The van der Waals surface area contributed by atoms with E-state index < -0.39 is 0 Å². The Labute approximate surface area is 170 Å². The van der Waals surface area contributed by atoms with Crippen molar-refractivity contribution in [2.24, 2.45) is 0 Å². The SMILES string of the molecule is CCN(CC)C(C)CNC(=O)c1ccc(CSc2nc3ccccc3[nH]2)cc1. The Kier molecular flexibility index (Phi) is 7.12. The molecule has 5 nitrogen and oxygen atoms in total. The lowest BCUT2D eigenvalue weighted by molar-refractivity contribution is 0.0938. The summed E-state index contributed by atoms with van der Waals surface area (Å²) in [4.78, 5) is 22.6. The zero-order chi connectivity index (χ0) is 19.9. The van der Waals surface area contributed by atoms with Gasteiger partial charge in [-0.2, -0.15) is 0 Å². The van der Waals surface area contributed by atoms with E-state index in [4.69, 9.17) is 0 Å². The largest absolute Gasteiger partial charge is 0.350 e. The molecule has 0 saturated carbocycles. The van der Waals surface area contributed by atoms with Crippen molar-refractivity contribution in [1.29, 1.82) is 0 Å². The third kappa shape index (κ3) is 5.14. The van der Waals surface area contributed by atoms with Crippen molar-refractivity contribution in [3.05, 3.63) is 59.7 Å². The first kappa shape index (κ1) is 20.4. The average Bonchev–Trinajstić information content (AvgIpc) is 3.15. The second-order valence-corrected chi connectivity index (χ2v) is 7.79. The Morgan fingerprint density at radius 3 is 2.54 bits per heavy atom. The number of nitrogens with one attached hydrogen (secondary N) is 2. The molecular weight excluding hydrogens is 368 g/mol. The normalized spacial score (nSPS) is 12.4. The molecule has 1 atom stereocenters. The molecule has 1 amide bonds. The van der Waals surface area contributed by atoms with E-state index in [0.717, 1.165) is 35.0 Å². The molecule has 0 fully saturated rings. The lowest BCUT2D eigenvalue weighted by Crippen LogP contribution is -2.42. The molecule has 0 aliphatic heterocycles. The van der Waals surface area contributed by atoms with Gasteiger partial charge >= 0.3 is 0 Å². The Bertz CT molecular complexity index is 869. The lowest BCUT2D eigenvalue weighted by Gasteiger charge is -2.26. The van der Waals surface area contributed by atoms with Crippen molar-refractivity contribution in [2.45, 2.75) is 37.7 Å². The molecule has 3 aromatic rings. The van der Waals surface area contributed by atoms with Crippen LogP contribution in [0, 0.1) is 0 Å². The second-order valence-electron chi connectivity index (χ2n) is 6.82. The van der Waals surface area contributed by atoms with Crippen LogP contribution in [0.3, 0.4) is 0 Å². The van der Waals surface area contributed by atoms with Crippen molar-refractivity contribution in [1.82, 2.24) is 20.2 Å². The number of aromatic amines is 1. The van der Waals surface area contributed by atoms with Gasteiger partial charge in [0.05, 0.1) is 11.0 Å². The maximum absolute atomic E-state index is 12.4. The van der Waals surface area contributed by atoms with Crippen molar-refractivity contribution in [3.8, 4) is 0 Å². The molecule has 1 heterocycles. The van der Waals surface area contributed by atoms with Gasteiger partial charge in [0.2, 0.25) is 0 Å². The number of carbonyl (C=O) groups is 1. The number of para-hydroxylation sites is 2. The molecule has 28 heavy (non-hydrogen) atoms. The number of benzene rings is 2.